The van der Waals surface area contributed by atoms with Crippen molar-refractivity contribution in [2.75, 3.05) is 5.32 Å². The molecule has 0 heterocycles. The molecule has 4 nitrogen and oxygen atoms in total. The summed E-state index contributed by atoms with van der Waals surface area (Å²) in [5.74, 6) is -1.21. The van der Waals surface area contributed by atoms with E-state index in [1.807, 2.05) is 0 Å². The standard InChI is InChI=1S/C15H16ClNO3/c16-12-7-11(15(19)20)8-13(9-12)17-14(18)6-10-4-2-1-3-5-10/h4,7-9H,1-3,5-6H2,(H,17,18)(H,19,20). The van der Waals surface area contributed by atoms with Crippen LogP contribution in [0.5, 0.6) is 0 Å². The number of aromatic carboxylic acids is 1. The van der Waals surface area contributed by atoms with Crippen LogP contribution in [0.15, 0.2) is 29.8 Å². The monoisotopic (exact) mass is 293 g/mol. The number of allylic oxidation sites excluding steroid dienone is 1. The van der Waals surface area contributed by atoms with E-state index >= 15 is 0 Å². The molecule has 0 fully saturated rings. The Morgan fingerprint density at radius 3 is 2.70 bits per heavy atom. The molecule has 0 aromatic heterocycles. The van der Waals surface area contributed by atoms with Crippen LogP contribution < -0.4 is 5.32 Å². The highest BCUT2D eigenvalue weighted by molar-refractivity contribution is 6.31. The van der Waals surface area contributed by atoms with E-state index < -0.39 is 5.97 Å². The molecular weight excluding hydrogens is 278 g/mol. The fourth-order valence-corrected chi connectivity index (χ4v) is 2.50. The normalized spacial score (nSPS) is 14.6. The third kappa shape index (κ3) is 4.10. The first-order valence-electron chi connectivity index (χ1n) is 6.56. The first-order chi connectivity index (χ1) is 9.54. The molecule has 0 bridgehead atoms. The van der Waals surface area contributed by atoms with Crippen molar-refractivity contribution in [3.63, 3.8) is 0 Å². The van der Waals surface area contributed by atoms with Gasteiger partial charge in [0.15, 0.2) is 0 Å². The molecule has 1 aromatic carbocycles. The minimum atomic E-state index is -1.07. The number of amides is 1. The summed E-state index contributed by atoms with van der Waals surface area (Å²) in [5.41, 5.74) is 1.62. The van der Waals surface area contributed by atoms with Crippen LogP contribution in [0, 0.1) is 0 Å². The van der Waals surface area contributed by atoms with E-state index in [9.17, 15) is 9.59 Å². The van der Waals surface area contributed by atoms with E-state index in [-0.39, 0.29) is 16.5 Å². The lowest BCUT2D eigenvalue weighted by Crippen LogP contribution is -2.13. The Labute approximate surface area is 122 Å². The molecule has 106 valence electrons. The van der Waals surface area contributed by atoms with Crippen molar-refractivity contribution < 1.29 is 14.7 Å². The topological polar surface area (TPSA) is 66.4 Å². The number of anilines is 1. The maximum Gasteiger partial charge on any atom is 0.335 e. The lowest BCUT2D eigenvalue weighted by Gasteiger charge is -2.13. The van der Waals surface area contributed by atoms with Crippen LogP contribution in [-0.4, -0.2) is 17.0 Å². The van der Waals surface area contributed by atoms with Gasteiger partial charge in [-0.05, 0) is 43.9 Å². The Morgan fingerprint density at radius 2 is 2.05 bits per heavy atom. The molecule has 20 heavy (non-hydrogen) atoms. The second-order valence-corrected chi connectivity index (χ2v) is 5.30. The van der Waals surface area contributed by atoms with Gasteiger partial charge >= 0.3 is 5.97 Å². The average Bonchev–Trinajstić information content (AvgIpc) is 2.38. The summed E-state index contributed by atoms with van der Waals surface area (Å²) in [6, 6.07) is 4.30. The summed E-state index contributed by atoms with van der Waals surface area (Å²) in [5, 5.41) is 11.9. The highest BCUT2D eigenvalue weighted by atomic mass is 35.5. The summed E-state index contributed by atoms with van der Waals surface area (Å²) in [7, 11) is 0. The van der Waals surface area contributed by atoms with Crippen LogP contribution in [0.1, 0.15) is 42.5 Å². The van der Waals surface area contributed by atoms with Crippen LogP contribution in [-0.2, 0) is 4.79 Å². The minimum absolute atomic E-state index is 0.0599. The summed E-state index contributed by atoms with van der Waals surface area (Å²) in [6.45, 7) is 0. The Bertz CT molecular complexity index is 566. The van der Waals surface area contributed by atoms with Crippen molar-refractivity contribution in [1.29, 1.82) is 0 Å². The minimum Gasteiger partial charge on any atom is -0.478 e. The summed E-state index contributed by atoms with van der Waals surface area (Å²) < 4.78 is 0. The van der Waals surface area contributed by atoms with Gasteiger partial charge in [0.2, 0.25) is 5.91 Å². The van der Waals surface area contributed by atoms with Gasteiger partial charge in [-0.2, -0.15) is 0 Å². The zero-order chi connectivity index (χ0) is 14.5. The van der Waals surface area contributed by atoms with Gasteiger partial charge in [0.25, 0.3) is 0 Å². The predicted molar refractivity (Wildman–Crippen MR) is 78.2 cm³/mol. The fraction of sp³-hybridized carbons (Fsp3) is 0.333. The zero-order valence-electron chi connectivity index (χ0n) is 11.0. The molecule has 0 unspecified atom stereocenters. The third-order valence-electron chi connectivity index (χ3n) is 3.20. The van der Waals surface area contributed by atoms with Gasteiger partial charge in [-0.1, -0.05) is 23.3 Å². The third-order valence-corrected chi connectivity index (χ3v) is 3.42. The van der Waals surface area contributed by atoms with Gasteiger partial charge in [0.05, 0.1) is 5.56 Å². The lowest BCUT2D eigenvalue weighted by molar-refractivity contribution is -0.115. The molecule has 1 aliphatic rings. The molecule has 0 atom stereocenters. The molecule has 2 rings (SSSR count). The first-order valence-corrected chi connectivity index (χ1v) is 6.94. The van der Waals surface area contributed by atoms with E-state index in [0.29, 0.717) is 12.1 Å². The van der Waals surface area contributed by atoms with Crippen molar-refractivity contribution in [3.05, 3.63) is 40.4 Å². The maximum absolute atomic E-state index is 11.9. The smallest absolute Gasteiger partial charge is 0.335 e. The molecule has 1 amide bonds. The van der Waals surface area contributed by atoms with Crippen LogP contribution in [0.25, 0.3) is 0 Å². The SMILES string of the molecule is O=C(CC1=CCCCC1)Nc1cc(Cl)cc(C(=O)O)c1. The van der Waals surface area contributed by atoms with E-state index in [1.54, 1.807) is 6.07 Å². The van der Waals surface area contributed by atoms with E-state index in [0.717, 1.165) is 24.8 Å². The van der Waals surface area contributed by atoms with Crippen LogP contribution >= 0.6 is 11.6 Å². The Hall–Kier alpha value is -1.81. The number of hydrogen-bond acceptors (Lipinski definition) is 2. The molecule has 5 heteroatoms. The molecule has 0 radical (unpaired) electrons. The van der Waals surface area contributed by atoms with Crippen LogP contribution in [0.3, 0.4) is 0 Å². The molecule has 1 aromatic rings. The number of carboxylic acids is 1. The van der Waals surface area contributed by atoms with Crippen molar-refractivity contribution in [2.45, 2.75) is 32.1 Å². The highest BCUT2D eigenvalue weighted by Gasteiger charge is 2.11. The Morgan fingerprint density at radius 1 is 1.25 bits per heavy atom. The van der Waals surface area contributed by atoms with Crippen molar-refractivity contribution in [2.24, 2.45) is 0 Å². The second-order valence-electron chi connectivity index (χ2n) is 4.87. The van der Waals surface area contributed by atoms with Gasteiger partial charge in [0, 0.05) is 17.1 Å². The average molecular weight is 294 g/mol. The van der Waals surface area contributed by atoms with E-state index in [2.05, 4.69) is 11.4 Å². The van der Waals surface area contributed by atoms with E-state index in [4.69, 9.17) is 16.7 Å². The number of carbonyl (C=O) groups is 2. The molecular formula is C15H16ClNO3. The van der Waals surface area contributed by atoms with Crippen LogP contribution in [0.2, 0.25) is 5.02 Å². The Balaban J connectivity index is 2.03. The largest absolute Gasteiger partial charge is 0.478 e. The van der Waals surface area contributed by atoms with Gasteiger partial charge in [0.1, 0.15) is 0 Å². The number of hydrogen-bond donors (Lipinski definition) is 2. The molecule has 0 aliphatic heterocycles. The molecule has 2 N–H and O–H groups in total. The summed E-state index contributed by atoms with van der Waals surface area (Å²) >= 11 is 5.84. The number of carboxylic acid groups (broad SMARTS) is 1. The van der Waals surface area contributed by atoms with Crippen LogP contribution in [0.4, 0.5) is 5.69 Å². The number of nitrogens with one attached hydrogen (secondary N) is 1. The van der Waals surface area contributed by atoms with Crippen molar-refractivity contribution in [3.8, 4) is 0 Å². The number of carbonyl (C=O) groups excluding carboxylic acids is 1. The van der Waals surface area contributed by atoms with Gasteiger partial charge in [-0.15, -0.1) is 0 Å². The lowest BCUT2D eigenvalue weighted by atomic mass is 9.97. The predicted octanol–water partition coefficient (Wildman–Crippen LogP) is 3.87. The maximum atomic E-state index is 11.9. The highest BCUT2D eigenvalue weighted by Crippen LogP contribution is 2.22. The second kappa shape index (κ2) is 6.57. The molecule has 1 aliphatic carbocycles. The number of rotatable bonds is 4. The number of halogens is 1. The molecule has 0 spiro atoms. The quantitative estimate of drug-likeness (QED) is 0.828. The zero-order valence-corrected chi connectivity index (χ0v) is 11.7. The van der Waals surface area contributed by atoms with Gasteiger partial charge < -0.3 is 10.4 Å². The van der Waals surface area contributed by atoms with Crippen molar-refractivity contribution >= 4 is 29.2 Å². The summed E-state index contributed by atoms with van der Waals surface area (Å²) in [6.07, 6.45) is 6.77. The number of benzene rings is 1. The van der Waals surface area contributed by atoms with Gasteiger partial charge in [-0.25, -0.2) is 4.79 Å². The first kappa shape index (κ1) is 14.6. The molecule has 0 saturated carbocycles. The Kier molecular flexibility index (Phi) is 4.79. The fourth-order valence-electron chi connectivity index (χ4n) is 2.26. The van der Waals surface area contributed by atoms with Gasteiger partial charge in [-0.3, -0.25) is 4.79 Å². The summed E-state index contributed by atoms with van der Waals surface area (Å²) in [4.78, 5) is 22.9. The molecule has 0 saturated heterocycles. The van der Waals surface area contributed by atoms with Crippen molar-refractivity contribution in [1.82, 2.24) is 0 Å². The van der Waals surface area contributed by atoms with E-state index in [1.165, 1.54) is 18.6 Å².